The van der Waals surface area contributed by atoms with Gasteiger partial charge in [0.15, 0.2) is 9.84 Å². The van der Waals surface area contributed by atoms with Crippen molar-refractivity contribution in [3.63, 3.8) is 0 Å². The smallest absolute Gasteiger partial charge is 0.407 e. The number of carbonyl (C=O) groups excluding carboxylic acids is 3. The quantitative estimate of drug-likeness (QED) is 0.265. The van der Waals surface area contributed by atoms with Gasteiger partial charge in [0, 0.05) is 19.0 Å². The van der Waals surface area contributed by atoms with Gasteiger partial charge in [0.05, 0.1) is 33.3 Å². The van der Waals surface area contributed by atoms with Crippen molar-refractivity contribution in [3.8, 4) is 5.75 Å². The number of hydrogen-bond donors (Lipinski definition) is 3. The summed E-state index contributed by atoms with van der Waals surface area (Å²) in [7, 11) is -3.64. The third-order valence-electron chi connectivity index (χ3n) is 5.32. The van der Waals surface area contributed by atoms with E-state index in [0.717, 1.165) is 18.4 Å². The van der Waals surface area contributed by atoms with Gasteiger partial charge in [0.25, 0.3) is 11.8 Å². The Hall–Kier alpha value is -4.23. The highest BCUT2D eigenvalue weighted by molar-refractivity contribution is 7.90. The number of amides is 3. The minimum Gasteiger partial charge on any atom is -0.493 e. The summed E-state index contributed by atoms with van der Waals surface area (Å²) in [6.45, 7) is 5.40. The molecule has 14 heteroatoms. The largest absolute Gasteiger partial charge is 0.493 e. The van der Waals surface area contributed by atoms with Crippen LogP contribution in [0.15, 0.2) is 59.6 Å². The molecule has 0 saturated heterocycles. The molecule has 2 aromatic carbocycles. The van der Waals surface area contributed by atoms with Crippen LogP contribution in [0.25, 0.3) is 0 Å². The third-order valence-corrected chi connectivity index (χ3v) is 6.65. The highest BCUT2D eigenvalue weighted by atomic mass is 35.5. The predicted molar refractivity (Wildman–Crippen MR) is 155 cm³/mol. The van der Waals surface area contributed by atoms with E-state index in [1.807, 2.05) is 0 Å². The lowest BCUT2D eigenvalue weighted by Gasteiger charge is -2.19. The van der Waals surface area contributed by atoms with Crippen LogP contribution >= 0.6 is 11.6 Å². The van der Waals surface area contributed by atoms with Crippen LogP contribution in [0.4, 0.5) is 20.7 Å². The molecule has 0 aliphatic heterocycles. The van der Waals surface area contributed by atoms with Crippen molar-refractivity contribution in [1.29, 1.82) is 0 Å². The first-order chi connectivity index (χ1) is 19.6. The normalized spacial score (nSPS) is 11.4. The molecule has 3 amide bonds. The van der Waals surface area contributed by atoms with E-state index in [2.05, 4.69) is 20.9 Å². The van der Waals surface area contributed by atoms with E-state index in [4.69, 9.17) is 21.1 Å². The lowest BCUT2D eigenvalue weighted by atomic mass is 10.1. The van der Waals surface area contributed by atoms with Crippen LogP contribution in [-0.4, -0.2) is 56.3 Å². The van der Waals surface area contributed by atoms with Gasteiger partial charge in [-0.2, -0.15) is 0 Å². The fourth-order valence-corrected chi connectivity index (χ4v) is 4.18. The summed E-state index contributed by atoms with van der Waals surface area (Å²) in [6, 6.07) is 9.90. The zero-order valence-electron chi connectivity index (χ0n) is 23.3. The zero-order chi connectivity index (χ0) is 31.1. The monoisotopic (exact) mass is 620 g/mol. The van der Waals surface area contributed by atoms with Gasteiger partial charge < -0.3 is 25.4 Å². The van der Waals surface area contributed by atoms with E-state index in [0.29, 0.717) is 11.4 Å². The number of nitrogens with one attached hydrogen (secondary N) is 3. The Labute approximate surface area is 247 Å². The molecular formula is C28H30ClFN4O7S. The van der Waals surface area contributed by atoms with Crippen molar-refractivity contribution in [2.75, 3.05) is 30.0 Å². The van der Waals surface area contributed by atoms with Gasteiger partial charge in [0.1, 0.15) is 23.0 Å². The molecule has 11 nitrogen and oxygen atoms in total. The van der Waals surface area contributed by atoms with Crippen LogP contribution in [0.5, 0.6) is 5.75 Å². The van der Waals surface area contributed by atoms with Crippen LogP contribution < -0.4 is 20.7 Å². The summed E-state index contributed by atoms with van der Waals surface area (Å²) in [5, 5.41) is 7.99. The van der Waals surface area contributed by atoms with Crippen LogP contribution in [0.2, 0.25) is 5.02 Å². The predicted octanol–water partition coefficient (Wildman–Crippen LogP) is 5.08. The average molecular weight is 621 g/mol. The van der Waals surface area contributed by atoms with Crippen molar-refractivity contribution in [2.24, 2.45) is 0 Å². The molecule has 0 aliphatic rings. The first-order valence-electron chi connectivity index (χ1n) is 12.6. The molecule has 0 aliphatic carbocycles. The number of pyridine rings is 1. The molecule has 0 radical (unpaired) electrons. The van der Waals surface area contributed by atoms with E-state index in [-0.39, 0.29) is 46.4 Å². The van der Waals surface area contributed by atoms with Crippen LogP contribution in [0.3, 0.4) is 0 Å². The van der Waals surface area contributed by atoms with E-state index in [9.17, 15) is 27.2 Å². The van der Waals surface area contributed by atoms with Crippen molar-refractivity contribution in [2.45, 2.75) is 37.7 Å². The number of rotatable bonds is 10. The highest BCUT2D eigenvalue weighted by Crippen LogP contribution is 2.26. The lowest BCUT2D eigenvalue weighted by molar-refractivity contribution is 0.0525. The average Bonchev–Trinajstić information content (AvgIpc) is 2.89. The maximum Gasteiger partial charge on any atom is 0.407 e. The van der Waals surface area contributed by atoms with E-state index < -0.39 is 39.2 Å². The van der Waals surface area contributed by atoms with E-state index in [1.54, 1.807) is 20.8 Å². The Balaban J connectivity index is 1.78. The standard InChI is InChI=1S/C28H30ClFN4O7S/c1-28(2,3)41-27(37)31-12-5-13-40-23-15-19(42(4,38)39)8-9-20(23)25(35)33-22-10-7-18(30)14-21(22)26(36)34-24-11-6-17(29)16-32-24/h6-11,14-16H,5,12-13H2,1-4H3,(H,31,37)(H,33,35)(H,32,34,36). The molecular weight excluding hydrogens is 591 g/mol. The van der Waals surface area contributed by atoms with Gasteiger partial charge in [-0.1, -0.05) is 11.6 Å². The number of hydrogen-bond acceptors (Lipinski definition) is 8. The van der Waals surface area contributed by atoms with Crippen LogP contribution in [-0.2, 0) is 14.6 Å². The van der Waals surface area contributed by atoms with Crippen molar-refractivity contribution in [1.82, 2.24) is 10.3 Å². The summed E-state index contributed by atoms with van der Waals surface area (Å²) in [5.41, 5.74) is -0.916. The molecule has 0 unspecified atom stereocenters. The maximum atomic E-state index is 14.1. The molecule has 224 valence electrons. The maximum absolute atomic E-state index is 14.1. The fourth-order valence-electron chi connectivity index (χ4n) is 3.44. The lowest BCUT2D eigenvalue weighted by Crippen LogP contribution is -2.33. The summed E-state index contributed by atoms with van der Waals surface area (Å²) >= 11 is 5.82. The SMILES string of the molecule is CC(C)(C)OC(=O)NCCCOc1cc(S(C)(=O)=O)ccc1C(=O)Nc1ccc(F)cc1C(=O)Nc1ccc(Cl)cn1. The number of benzene rings is 2. The minimum atomic E-state index is -3.64. The van der Waals surface area contributed by atoms with Gasteiger partial charge in [-0.3, -0.25) is 9.59 Å². The number of aromatic nitrogens is 1. The number of nitrogens with zero attached hydrogens (tertiary/aromatic N) is 1. The van der Waals surface area contributed by atoms with E-state index >= 15 is 0 Å². The van der Waals surface area contributed by atoms with Gasteiger partial charge in [-0.15, -0.1) is 0 Å². The summed E-state index contributed by atoms with van der Waals surface area (Å²) in [5.74, 6) is -2.11. The van der Waals surface area contributed by atoms with Gasteiger partial charge >= 0.3 is 6.09 Å². The summed E-state index contributed by atoms with van der Waals surface area (Å²) in [4.78, 5) is 41.9. The Bertz CT molecular complexity index is 1580. The molecule has 0 fully saturated rings. The van der Waals surface area contributed by atoms with Gasteiger partial charge in [0.2, 0.25) is 0 Å². The Morgan fingerprint density at radius 3 is 2.33 bits per heavy atom. The molecule has 3 rings (SSSR count). The molecule has 0 atom stereocenters. The summed E-state index contributed by atoms with van der Waals surface area (Å²) < 4.78 is 49.2. The Morgan fingerprint density at radius 2 is 1.69 bits per heavy atom. The second kappa shape index (κ2) is 13.6. The molecule has 1 heterocycles. The number of carbonyl (C=O) groups is 3. The molecule has 0 spiro atoms. The van der Waals surface area contributed by atoms with Crippen LogP contribution in [0.1, 0.15) is 47.9 Å². The molecule has 3 aromatic rings. The third kappa shape index (κ3) is 9.70. The Kier molecular flexibility index (Phi) is 10.5. The molecule has 1 aromatic heterocycles. The van der Waals surface area contributed by atoms with E-state index in [1.165, 1.54) is 42.6 Å². The zero-order valence-corrected chi connectivity index (χ0v) is 24.9. The second-order valence-electron chi connectivity index (χ2n) is 10.0. The van der Waals surface area contributed by atoms with Gasteiger partial charge in [-0.25, -0.2) is 22.6 Å². The summed E-state index contributed by atoms with van der Waals surface area (Å²) in [6.07, 6.45) is 2.04. The first kappa shape index (κ1) is 32.3. The first-order valence-corrected chi connectivity index (χ1v) is 14.9. The number of ether oxygens (including phenoxy) is 2. The minimum absolute atomic E-state index is 0.0155. The Morgan fingerprint density at radius 1 is 0.976 bits per heavy atom. The highest BCUT2D eigenvalue weighted by Gasteiger charge is 2.21. The molecule has 3 N–H and O–H groups in total. The number of sulfone groups is 1. The van der Waals surface area contributed by atoms with Crippen molar-refractivity contribution >= 4 is 50.9 Å². The number of anilines is 2. The van der Waals surface area contributed by atoms with Gasteiger partial charge in [-0.05, 0) is 75.7 Å². The van der Waals surface area contributed by atoms with Crippen molar-refractivity contribution in [3.05, 3.63) is 76.7 Å². The molecule has 0 saturated carbocycles. The molecule has 42 heavy (non-hydrogen) atoms. The second-order valence-corrected chi connectivity index (χ2v) is 12.5. The van der Waals surface area contributed by atoms with Crippen molar-refractivity contribution < 1.29 is 36.7 Å². The topological polar surface area (TPSA) is 153 Å². The number of halogens is 2. The fraction of sp³-hybridized carbons (Fsp3) is 0.286. The van der Waals surface area contributed by atoms with Crippen LogP contribution in [0, 0.1) is 5.82 Å². The number of alkyl carbamates (subject to hydrolysis) is 1. The molecule has 0 bridgehead atoms.